The Morgan fingerprint density at radius 1 is 0.800 bits per heavy atom. The number of nitrogens with one attached hydrogen (secondary N) is 1. The molecule has 25 heavy (non-hydrogen) atoms. The third kappa shape index (κ3) is 3.19. The molecule has 2 heterocycles. The van der Waals surface area contributed by atoms with E-state index < -0.39 is 0 Å². The molecule has 0 saturated heterocycles. The van der Waals surface area contributed by atoms with Crippen molar-refractivity contribution in [1.29, 1.82) is 0 Å². The minimum Gasteiger partial charge on any atom is -0.363 e. The molecule has 2 aromatic heterocycles. The maximum atomic E-state index is 4.79. The summed E-state index contributed by atoms with van der Waals surface area (Å²) in [7, 11) is 0. The van der Waals surface area contributed by atoms with Gasteiger partial charge in [0.1, 0.15) is 5.82 Å². The maximum Gasteiger partial charge on any atom is 0.162 e. The molecule has 0 unspecified atom stereocenters. The van der Waals surface area contributed by atoms with Gasteiger partial charge in [-0.25, -0.2) is 9.97 Å². The molecule has 1 atom stereocenters. The van der Waals surface area contributed by atoms with Crippen LogP contribution in [0.2, 0.25) is 0 Å². The zero-order chi connectivity index (χ0) is 17.1. The van der Waals surface area contributed by atoms with Crippen molar-refractivity contribution < 1.29 is 0 Å². The lowest BCUT2D eigenvalue weighted by atomic mass is 10.1. The molecule has 4 nitrogen and oxygen atoms in total. The first kappa shape index (κ1) is 15.3. The number of anilines is 1. The van der Waals surface area contributed by atoms with Gasteiger partial charge in [0, 0.05) is 29.4 Å². The highest BCUT2D eigenvalue weighted by Crippen LogP contribution is 2.27. The molecule has 1 N–H and O–H groups in total. The molecule has 0 radical (unpaired) electrons. The summed E-state index contributed by atoms with van der Waals surface area (Å²) in [5.74, 6) is 1.54. The van der Waals surface area contributed by atoms with Gasteiger partial charge < -0.3 is 5.32 Å². The van der Waals surface area contributed by atoms with Crippen LogP contribution >= 0.6 is 0 Å². The quantitative estimate of drug-likeness (QED) is 0.581. The van der Waals surface area contributed by atoms with Crippen LogP contribution in [0, 0.1) is 0 Å². The Hall–Kier alpha value is -3.27. The zero-order valence-electron chi connectivity index (χ0n) is 13.9. The van der Waals surface area contributed by atoms with Crippen LogP contribution in [0.3, 0.4) is 0 Å². The predicted octanol–water partition coefficient (Wildman–Crippen LogP) is 4.86. The maximum absolute atomic E-state index is 4.79. The fraction of sp³-hybridized carbons (Fsp3) is 0.0952. The third-order valence-corrected chi connectivity index (χ3v) is 4.19. The van der Waals surface area contributed by atoms with E-state index in [9.17, 15) is 0 Å². The van der Waals surface area contributed by atoms with Crippen LogP contribution < -0.4 is 5.32 Å². The zero-order valence-corrected chi connectivity index (χ0v) is 13.9. The molecule has 0 aliphatic heterocycles. The molecule has 0 amide bonds. The Morgan fingerprint density at radius 3 is 2.32 bits per heavy atom. The summed E-state index contributed by atoms with van der Waals surface area (Å²) in [6.07, 6.45) is 3.52. The van der Waals surface area contributed by atoms with Crippen LogP contribution in [-0.2, 0) is 0 Å². The van der Waals surface area contributed by atoms with Gasteiger partial charge in [-0.05, 0) is 36.8 Å². The standard InChI is InChI=1S/C21H18N4/c1-15(16-7-3-2-4-8-16)23-21-18-9-5-6-10-19(18)24-20(25-21)17-11-13-22-14-12-17/h2-15H,1H3,(H,23,24,25)/t15-/m1/s1. The van der Waals surface area contributed by atoms with Gasteiger partial charge in [0.05, 0.1) is 5.52 Å². The molecular formula is C21H18N4. The molecule has 122 valence electrons. The van der Waals surface area contributed by atoms with Gasteiger partial charge in [-0.2, -0.15) is 0 Å². The first-order valence-corrected chi connectivity index (χ1v) is 8.30. The molecule has 4 heteroatoms. The summed E-state index contributed by atoms with van der Waals surface area (Å²) >= 11 is 0. The highest BCUT2D eigenvalue weighted by atomic mass is 15.0. The topological polar surface area (TPSA) is 50.7 Å². The van der Waals surface area contributed by atoms with E-state index in [0.717, 1.165) is 22.3 Å². The Balaban J connectivity index is 1.79. The Kier molecular flexibility index (Phi) is 4.09. The largest absolute Gasteiger partial charge is 0.363 e. The van der Waals surface area contributed by atoms with Crippen LogP contribution in [0.1, 0.15) is 18.5 Å². The number of hydrogen-bond donors (Lipinski definition) is 1. The lowest BCUT2D eigenvalue weighted by molar-refractivity contribution is 0.876. The lowest BCUT2D eigenvalue weighted by Gasteiger charge is -2.17. The van der Waals surface area contributed by atoms with Crippen molar-refractivity contribution in [2.24, 2.45) is 0 Å². The van der Waals surface area contributed by atoms with Crippen molar-refractivity contribution in [3.63, 3.8) is 0 Å². The summed E-state index contributed by atoms with van der Waals surface area (Å²) in [5.41, 5.74) is 3.10. The average molecular weight is 326 g/mol. The van der Waals surface area contributed by atoms with E-state index in [1.54, 1.807) is 12.4 Å². The van der Waals surface area contributed by atoms with Crippen molar-refractivity contribution in [1.82, 2.24) is 15.0 Å². The second-order valence-electron chi connectivity index (χ2n) is 5.93. The van der Waals surface area contributed by atoms with E-state index in [1.165, 1.54) is 5.56 Å². The van der Waals surface area contributed by atoms with Gasteiger partial charge in [0.15, 0.2) is 5.82 Å². The lowest BCUT2D eigenvalue weighted by Crippen LogP contribution is -2.09. The molecule has 4 aromatic rings. The van der Waals surface area contributed by atoms with E-state index in [4.69, 9.17) is 9.97 Å². The number of fused-ring (bicyclic) bond motifs is 1. The number of aromatic nitrogens is 3. The van der Waals surface area contributed by atoms with Crippen LogP contribution in [0.5, 0.6) is 0 Å². The molecule has 0 fully saturated rings. The highest BCUT2D eigenvalue weighted by molar-refractivity contribution is 5.90. The SMILES string of the molecule is C[C@@H](Nc1nc(-c2ccncc2)nc2ccccc12)c1ccccc1. The number of nitrogens with zero attached hydrogens (tertiary/aromatic N) is 3. The summed E-state index contributed by atoms with van der Waals surface area (Å²) < 4.78 is 0. The van der Waals surface area contributed by atoms with E-state index in [0.29, 0.717) is 5.82 Å². The molecular weight excluding hydrogens is 308 g/mol. The van der Waals surface area contributed by atoms with Gasteiger partial charge >= 0.3 is 0 Å². The fourth-order valence-corrected chi connectivity index (χ4v) is 2.85. The minimum atomic E-state index is 0.143. The molecule has 0 saturated carbocycles. The van der Waals surface area contributed by atoms with Gasteiger partial charge in [0.2, 0.25) is 0 Å². The number of rotatable bonds is 4. The summed E-state index contributed by atoms with van der Waals surface area (Å²) in [6.45, 7) is 2.14. The summed E-state index contributed by atoms with van der Waals surface area (Å²) in [6, 6.07) is 22.4. The van der Waals surface area contributed by atoms with Crippen molar-refractivity contribution in [3.05, 3.63) is 84.7 Å². The van der Waals surface area contributed by atoms with E-state index in [-0.39, 0.29) is 6.04 Å². The van der Waals surface area contributed by atoms with E-state index >= 15 is 0 Å². The molecule has 0 aliphatic rings. The average Bonchev–Trinajstić information content (AvgIpc) is 2.69. The monoisotopic (exact) mass is 326 g/mol. The normalized spacial score (nSPS) is 12.0. The number of para-hydroxylation sites is 1. The van der Waals surface area contributed by atoms with Crippen LogP contribution in [0.4, 0.5) is 5.82 Å². The van der Waals surface area contributed by atoms with Gasteiger partial charge in [0.25, 0.3) is 0 Å². The first-order valence-electron chi connectivity index (χ1n) is 8.30. The van der Waals surface area contributed by atoms with Crippen LogP contribution in [0.15, 0.2) is 79.1 Å². The first-order chi connectivity index (χ1) is 12.3. The predicted molar refractivity (Wildman–Crippen MR) is 101 cm³/mol. The Labute approximate surface area is 146 Å². The smallest absolute Gasteiger partial charge is 0.162 e. The van der Waals surface area contributed by atoms with Crippen molar-refractivity contribution in [3.8, 4) is 11.4 Å². The van der Waals surface area contributed by atoms with Crippen LogP contribution in [0.25, 0.3) is 22.3 Å². The number of pyridine rings is 1. The second kappa shape index (κ2) is 6.69. The minimum absolute atomic E-state index is 0.143. The van der Waals surface area contributed by atoms with Gasteiger partial charge in [-0.3, -0.25) is 4.98 Å². The highest BCUT2D eigenvalue weighted by Gasteiger charge is 2.12. The molecule has 0 bridgehead atoms. The number of hydrogen-bond acceptors (Lipinski definition) is 4. The number of benzene rings is 2. The van der Waals surface area contributed by atoms with Crippen molar-refractivity contribution in [2.45, 2.75) is 13.0 Å². The second-order valence-corrected chi connectivity index (χ2v) is 5.93. The van der Waals surface area contributed by atoms with Crippen molar-refractivity contribution >= 4 is 16.7 Å². The molecule has 4 rings (SSSR count). The van der Waals surface area contributed by atoms with E-state index in [1.807, 2.05) is 54.6 Å². The Bertz CT molecular complexity index is 984. The van der Waals surface area contributed by atoms with Gasteiger partial charge in [-0.15, -0.1) is 0 Å². The fourth-order valence-electron chi connectivity index (χ4n) is 2.85. The van der Waals surface area contributed by atoms with Crippen molar-refractivity contribution in [2.75, 3.05) is 5.32 Å². The van der Waals surface area contributed by atoms with Crippen LogP contribution in [-0.4, -0.2) is 15.0 Å². The molecule has 2 aromatic carbocycles. The third-order valence-electron chi connectivity index (χ3n) is 4.19. The molecule has 0 aliphatic carbocycles. The summed E-state index contributed by atoms with van der Waals surface area (Å²) in [5, 5.41) is 4.56. The Morgan fingerprint density at radius 2 is 1.52 bits per heavy atom. The summed E-state index contributed by atoms with van der Waals surface area (Å²) in [4.78, 5) is 13.6. The van der Waals surface area contributed by atoms with Gasteiger partial charge in [-0.1, -0.05) is 42.5 Å². The van der Waals surface area contributed by atoms with E-state index in [2.05, 4.69) is 29.4 Å². The molecule has 0 spiro atoms.